The van der Waals surface area contributed by atoms with Gasteiger partial charge < -0.3 is 10.2 Å². The standard InChI is InChI=1S/C22H35N3O4/c1-16-9-11-18(12-10-16)13-14-22(3,4)21(28)25(5)19(20(27)24-29)8-6-7-15-23-17(2)26/h9-12,19,29H,6-8,13-15H2,1-5H3,(H,23,26)(H,24,27). The Kier molecular flexibility index (Phi) is 9.81. The fraction of sp³-hybridized carbons (Fsp3) is 0.591. The molecule has 0 saturated heterocycles. The van der Waals surface area contributed by atoms with Gasteiger partial charge in [-0.3, -0.25) is 19.6 Å². The van der Waals surface area contributed by atoms with Crippen LogP contribution in [0.2, 0.25) is 0 Å². The number of rotatable bonds is 11. The summed E-state index contributed by atoms with van der Waals surface area (Å²) in [5, 5.41) is 11.8. The van der Waals surface area contributed by atoms with E-state index >= 15 is 0 Å². The molecule has 1 aromatic rings. The molecule has 0 heterocycles. The molecule has 162 valence electrons. The van der Waals surface area contributed by atoms with Crippen molar-refractivity contribution in [1.29, 1.82) is 0 Å². The molecule has 0 spiro atoms. The van der Waals surface area contributed by atoms with E-state index in [1.807, 2.05) is 20.8 Å². The number of hydrogen-bond acceptors (Lipinski definition) is 4. The summed E-state index contributed by atoms with van der Waals surface area (Å²) < 4.78 is 0. The highest BCUT2D eigenvalue weighted by atomic mass is 16.5. The van der Waals surface area contributed by atoms with Crippen LogP contribution in [-0.4, -0.2) is 47.5 Å². The van der Waals surface area contributed by atoms with Crippen molar-refractivity contribution in [3.63, 3.8) is 0 Å². The van der Waals surface area contributed by atoms with E-state index < -0.39 is 17.4 Å². The highest BCUT2D eigenvalue weighted by molar-refractivity contribution is 5.89. The average Bonchev–Trinajstić information content (AvgIpc) is 2.68. The first-order valence-electron chi connectivity index (χ1n) is 10.1. The number of amides is 3. The molecule has 1 aromatic carbocycles. The van der Waals surface area contributed by atoms with Crippen LogP contribution in [0.25, 0.3) is 0 Å². The normalized spacial score (nSPS) is 12.2. The molecule has 29 heavy (non-hydrogen) atoms. The van der Waals surface area contributed by atoms with Crippen molar-refractivity contribution in [3.05, 3.63) is 35.4 Å². The number of unbranched alkanes of at least 4 members (excludes halogenated alkanes) is 1. The molecule has 1 rings (SSSR count). The highest BCUT2D eigenvalue weighted by Crippen LogP contribution is 2.27. The Morgan fingerprint density at radius 2 is 1.76 bits per heavy atom. The summed E-state index contributed by atoms with van der Waals surface area (Å²) in [6, 6.07) is 7.48. The second-order valence-corrected chi connectivity index (χ2v) is 8.26. The van der Waals surface area contributed by atoms with Crippen LogP contribution < -0.4 is 10.8 Å². The third-order valence-corrected chi connectivity index (χ3v) is 5.22. The number of aryl methyl sites for hydroxylation is 2. The number of hydrogen-bond donors (Lipinski definition) is 3. The van der Waals surface area contributed by atoms with Crippen molar-refractivity contribution >= 4 is 17.7 Å². The van der Waals surface area contributed by atoms with E-state index in [1.165, 1.54) is 23.0 Å². The van der Waals surface area contributed by atoms with Crippen LogP contribution in [0.4, 0.5) is 0 Å². The first-order valence-corrected chi connectivity index (χ1v) is 10.1. The lowest BCUT2D eigenvalue weighted by Crippen LogP contribution is -2.51. The molecule has 7 nitrogen and oxygen atoms in total. The molecule has 1 unspecified atom stereocenters. The molecule has 0 bridgehead atoms. The number of hydroxylamine groups is 1. The Morgan fingerprint density at radius 3 is 2.31 bits per heavy atom. The van der Waals surface area contributed by atoms with Gasteiger partial charge >= 0.3 is 0 Å². The Labute approximate surface area is 173 Å². The van der Waals surface area contributed by atoms with Gasteiger partial charge in [0.15, 0.2) is 0 Å². The molecule has 0 radical (unpaired) electrons. The van der Waals surface area contributed by atoms with E-state index in [4.69, 9.17) is 5.21 Å². The van der Waals surface area contributed by atoms with Crippen molar-refractivity contribution < 1.29 is 19.6 Å². The minimum absolute atomic E-state index is 0.0997. The summed E-state index contributed by atoms with van der Waals surface area (Å²) in [6.07, 6.45) is 3.14. The Bertz CT molecular complexity index is 686. The summed E-state index contributed by atoms with van der Waals surface area (Å²) in [7, 11) is 1.60. The van der Waals surface area contributed by atoms with Gasteiger partial charge in [-0.15, -0.1) is 0 Å². The third-order valence-electron chi connectivity index (χ3n) is 5.22. The Balaban J connectivity index is 2.70. The molecular weight excluding hydrogens is 370 g/mol. The molecule has 7 heteroatoms. The second-order valence-electron chi connectivity index (χ2n) is 8.26. The maximum atomic E-state index is 13.1. The van der Waals surface area contributed by atoms with E-state index in [2.05, 4.69) is 29.6 Å². The Morgan fingerprint density at radius 1 is 1.14 bits per heavy atom. The third kappa shape index (κ3) is 8.23. The number of carbonyl (C=O) groups excluding carboxylic acids is 3. The van der Waals surface area contributed by atoms with Crippen LogP contribution in [-0.2, 0) is 20.8 Å². The smallest absolute Gasteiger partial charge is 0.266 e. The lowest BCUT2D eigenvalue weighted by molar-refractivity contribution is -0.149. The maximum absolute atomic E-state index is 13.1. The number of carbonyl (C=O) groups is 3. The monoisotopic (exact) mass is 405 g/mol. The lowest BCUT2D eigenvalue weighted by Gasteiger charge is -2.34. The molecule has 1 atom stereocenters. The van der Waals surface area contributed by atoms with Crippen LogP contribution in [0.3, 0.4) is 0 Å². The van der Waals surface area contributed by atoms with Gasteiger partial charge in [-0.2, -0.15) is 0 Å². The van der Waals surface area contributed by atoms with Crippen molar-refractivity contribution in [2.24, 2.45) is 5.41 Å². The van der Waals surface area contributed by atoms with Gasteiger partial charge in [0.05, 0.1) is 0 Å². The molecule has 0 aliphatic heterocycles. The van der Waals surface area contributed by atoms with Gasteiger partial charge in [0.25, 0.3) is 5.91 Å². The van der Waals surface area contributed by atoms with Crippen molar-refractivity contribution in [2.75, 3.05) is 13.6 Å². The van der Waals surface area contributed by atoms with Gasteiger partial charge in [-0.25, -0.2) is 5.48 Å². The first-order chi connectivity index (χ1) is 13.6. The van der Waals surface area contributed by atoms with Crippen LogP contribution in [0.15, 0.2) is 24.3 Å². The van der Waals surface area contributed by atoms with Gasteiger partial charge in [0.2, 0.25) is 11.8 Å². The highest BCUT2D eigenvalue weighted by Gasteiger charge is 2.35. The predicted octanol–water partition coefficient (Wildman–Crippen LogP) is 2.59. The van der Waals surface area contributed by atoms with Gasteiger partial charge in [-0.1, -0.05) is 43.7 Å². The minimum atomic E-state index is -0.761. The van der Waals surface area contributed by atoms with Crippen molar-refractivity contribution in [3.8, 4) is 0 Å². The first kappa shape index (κ1) is 24.6. The summed E-state index contributed by atoms with van der Waals surface area (Å²) in [4.78, 5) is 37.6. The fourth-order valence-corrected chi connectivity index (χ4v) is 3.24. The van der Waals surface area contributed by atoms with Gasteiger partial charge in [0.1, 0.15) is 6.04 Å². The number of nitrogens with zero attached hydrogens (tertiary/aromatic N) is 1. The number of nitrogens with one attached hydrogen (secondary N) is 2. The van der Waals surface area contributed by atoms with E-state index in [0.717, 1.165) is 6.42 Å². The summed E-state index contributed by atoms with van der Waals surface area (Å²) in [6.45, 7) is 7.76. The molecule has 0 fully saturated rings. The number of benzene rings is 1. The van der Waals surface area contributed by atoms with E-state index in [1.54, 1.807) is 12.5 Å². The maximum Gasteiger partial charge on any atom is 0.266 e. The Hall–Kier alpha value is -2.41. The van der Waals surface area contributed by atoms with E-state index in [9.17, 15) is 14.4 Å². The van der Waals surface area contributed by atoms with Crippen LogP contribution >= 0.6 is 0 Å². The largest absolute Gasteiger partial charge is 0.356 e. The lowest BCUT2D eigenvalue weighted by atomic mass is 9.84. The molecule has 3 amide bonds. The van der Waals surface area contributed by atoms with Gasteiger partial charge in [0, 0.05) is 25.9 Å². The molecule has 0 saturated carbocycles. The van der Waals surface area contributed by atoms with Crippen molar-refractivity contribution in [2.45, 2.75) is 65.8 Å². The molecular formula is C22H35N3O4. The number of likely N-dealkylation sites (N-methyl/N-ethyl adjacent to an activating group) is 1. The summed E-state index contributed by atoms with van der Waals surface area (Å²) in [5.41, 5.74) is 3.39. The molecule has 3 N–H and O–H groups in total. The summed E-state index contributed by atoms with van der Waals surface area (Å²) >= 11 is 0. The van der Waals surface area contributed by atoms with Gasteiger partial charge in [-0.05, 0) is 44.6 Å². The molecule has 0 aromatic heterocycles. The van der Waals surface area contributed by atoms with Crippen LogP contribution in [0.1, 0.15) is 57.6 Å². The second kappa shape index (κ2) is 11.6. The minimum Gasteiger partial charge on any atom is -0.356 e. The SMILES string of the molecule is CC(=O)NCCCCC(C(=O)NO)N(C)C(=O)C(C)(C)CCc1ccc(C)cc1. The van der Waals surface area contributed by atoms with E-state index in [0.29, 0.717) is 32.2 Å². The fourth-order valence-electron chi connectivity index (χ4n) is 3.24. The van der Waals surface area contributed by atoms with Crippen molar-refractivity contribution in [1.82, 2.24) is 15.7 Å². The average molecular weight is 406 g/mol. The zero-order valence-electron chi connectivity index (χ0n) is 18.2. The van der Waals surface area contributed by atoms with E-state index in [-0.39, 0.29) is 11.8 Å². The quantitative estimate of drug-likeness (QED) is 0.299. The van der Waals surface area contributed by atoms with Crippen LogP contribution in [0.5, 0.6) is 0 Å². The van der Waals surface area contributed by atoms with Crippen LogP contribution in [0, 0.1) is 12.3 Å². The summed E-state index contributed by atoms with van der Waals surface area (Å²) in [5.74, 6) is -0.841. The molecule has 0 aliphatic rings. The molecule has 0 aliphatic carbocycles. The topological polar surface area (TPSA) is 98.7 Å². The zero-order valence-corrected chi connectivity index (χ0v) is 18.2. The zero-order chi connectivity index (χ0) is 22.0. The predicted molar refractivity (Wildman–Crippen MR) is 112 cm³/mol.